The van der Waals surface area contributed by atoms with Crippen molar-refractivity contribution >= 4 is 11.9 Å². The Kier molecular flexibility index (Phi) is 17.9. The fourth-order valence-corrected chi connectivity index (χ4v) is 7.46. The van der Waals surface area contributed by atoms with Gasteiger partial charge in [0.05, 0.1) is 74.8 Å². The zero-order valence-corrected chi connectivity index (χ0v) is 30.1. The van der Waals surface area contributed by atoms with Gasteiger partial charge in [-0.15, -0.1) is 0 Å². The molecular formula is C35H64N2O10. The number of esters is 2. The number of β-amino-alcohol motifs (C(OH)–C–C–N with tert-alkyl or cyclic N) is 1. The van der Waals surface area contributed by atoms with E-state index in [0.29, 0.717) is 46.2 Å². The molecule has 0 aromatic heterocycles. The van der Waals surface area contributed by atoms with Crippen LogP contribution in [0.5, 0.6) is 0 Å². The first-order chi connectivity index (χ1) is 22.7. The first-order valence-electron chi connectivity index (χ1n) is 18.1. The van der Waals surface area contributed by atoms with Crippen LogP contribution in [0.25, 0.3) is 0 Å². The van der Waals surface area contributed by atoms with E-state index in [1.165, 1.54) is 0 Å². The van der Waals surface area contributed by atoms with Crippen LogP contribution in [0.4, 0.5) is 0 Å². The minimum Gasteiger partial charge on any atom is -0.466 e. The second kappa shape index (κ2) is 21.0. The number of carbonyl (C=O) groups excluding carboxylic acids is 2. The average Bonchev–Trinajstić information content (AvgIpc) is 3.52. The van der Waals surface area contributed by atoms with Crippen molar-refractivity contribution in [2.75, 3.05) is 73.9 Å². The third-order valence-corrected chi connectivity index (χ3v) is 10.2. The number of aliphatic hydroxyl groups excluding tert-OH is 1. The molecule has 0 unspecified atom stereocenters. The fourth-order valence-electron chi connectivity index (χ4n) is 7.46. The van der Waals surface area contributed by atoms with Crippen molar-refractivity contribution in [3.63, 3.8) is 0 Å². The fraction of sp³-hybridized carbons (Fsp3) is 0.943. The van der Waals surface area contributed by atoms with Crippen LogP contribution in [0.15, 0.2) is 0 Å². The Balaban J connectivity index is 0.000000256. The summed E-state index contributed by atoms with van der Waals surface area (Å²) < 4.78 is 39.6. The van der Waals surface area contributed by atoms with Gasteiger partial charge < -0.3 is 38.3 Å². The Bertz CT molecular complexity index is 896. The SMILES string of the molecule is CCOC(=O)C1CCC(OC[C@@H]2[C@@H](OCC)[C@@H](O)CN2C)CC1.CCOC(=O)C1CCC(OC[C@@H]2[C@@H](OCC)[C@@H](OC)CN2C)CC1. The Morgan fingerprint density at radius 1 is 0.617 bits per heavy atom. The van der Waals surface area contributed by atoms with E-state index in [9.17, 15) is 14.7 Å². The third kappa shape index (κ3) is 11.9. The number of carbonyl (C=O) groups is 2. The van der Waals surface area contributed by atoms with Gasteiger partial charge in [-0.2, -0.15) is 0 Å². The monoisotopic (exact) mass is 672 g/mol. The Morgan fingerprint density at radius 3 is 1.47 bits per heavy atom. The van der Waals surface area contributed by atoms with E-state index in [-0.39, 0.29) is 66.4 Å². The van der Waals surface area contributed by atoms with Crippen LogP contribution in [-0.2, 0) is 42.7 Å². The lowest BCUT2D eigenvalue weighted by atomic mass is 9.87. The third-order valence-electron chi connectivity index (χ3n) is 10.2. The number of methoxy groups -OCH3 is 1. The molecule has 6 atom stereocenters. The van der Waals surface area contributed by atoms with E-state index < -0.39 is 6.10 Å². The highest BCUT2D eigenvalue weighted by atomic mass is 16.5. The molecule has 274 valence electrons. The number of likely N-dealkylation sites (N-methyl/N-ethyl adjacent to an activating group) is 2. The lowest BCUT2D eigenvalue weighted by Crippen LogP contribution is -2.41. The maximum absolute atomic E-state index is 11.8. The molecule has 47 heavy (non-hydrogen) atoms. The molecule has 0 bridgehead atoms. The molecule has 2 saturated carbocycles. The Hall–Kier alpha value is -1.38. The highest BCUT2D eigenvalue weighted by molar-refractivity contribution is 5.72. The number of rotatable bonds is 15. The molecule has 1 N–H and O–H groups in total. The predicted molar refractivity (Wildman–Crippen MR) is 177 cm³/mol. The minimum absolute atomic E-state index is 0.0296. The summed E-state index contributed by atoms with van der Waals surface area (Å²) in [5.74, 6) is -0.0400. The molecule has 2 saturated heterocycles. The van der Waals surface area contributed by atoms with Gasteiger partial charge in [0.2, 0.25) is 0 Å². The van der Waals surface area contributed by atoms with Gasteiger partial charge in [0.25, 0.3) is 0 Å². The van der Waals surface area contributed by atoms with Crippen molar-refractivity contribution in [2.24, 2.45) is 11.8 Å². The van der Waals surface area contributed by atoms with E-state index >= 15 is 0 Å². The van der Waals surface area contributed by atoms with Crippen molar-refractivity contribution < 1.29 is 47.9 Å². The van der Waals surface area contributed by atoms with Crippen LogP contribution in [0.1, 0.15) is 79.1 Å². The van der Waals surface area contributed by atoms with Gasteiger partial charge in [-0.05, 0) is 93.2 Å². The van der Waals surface area contributed by atoms with E-state index in [0.717, 1.165) is 57.9 Å². The van der Waals surface area contributed by atoms with Crippen LogP contribution < -0.4 is 0 Å². The number of hydrogen-bond acceptors (Lipinski definition) is 12. The zero-order chi connectivity index (χ0) is 34.3. The second-order valence-corrected chi connectivity index (χ2v) is 13.3. The molecule has 4 fully saturated rings. The first kappa shape index (κ1) is 40.1. The molecule has 0 spiro atoms. The summed E-state index contributed by atoms with van der Waals surface area (Å²) in [6.45, 7) is 12.5. The topological polar surface area (TPSA) is 125 Å². The summed E-state index contributed by atoms with van der Waals surface area (Å²) in [6, 6.07) is 0.311. The number of aliphatic hydroxyl groups is 1. The average molecular weight is 673 g/mol. The van der Waals surface area contributed by atoms with E-state index in [1.807, 2.05) is 34.7 Å². The predicted octanol–water partition coefficient (Wildman–Crippen LogP) is 3.06. The van der Waals surface area contributed by atoms with Gasteiger partial charge in [-0.25, -0.2) is 0 Å². The number of nitrogens with zero attached hydrogens (tertiary/aromatic N) is 2. The van der Waals surface area contributed by atoms with Gasteiger partial charge in [0, 0.05) is 33.4 Å². The second-order valence-electron chi connectivity index (χ2n) is 13.3. The summed E-state index contributed by atoms with van der Waals surface area (Å²) in [7, 11) is 5.83. The van der Waals surface area contributed by atoms with Crippen LogP contribution in [0.2, 0.25) is 0 Å². The zero-order valence-electron chi connectivity index (χ0n) is 30.1. The molecule has 2 aliphatic carbocycles. The number of hydrogen-bond donors (Lipinski definition) is 1. The van der Waals surface area contributed by atoms with Gasteiger partial charge in [0.1, 0.15) is 12.2 Å². The van der Waals surface area contributed by atoms with Crippen LogP contribution >= 0.6 is 0 Å². The first-order valence-corrected chi connectivity index (χ1v) is 18.1. The molecule has 4 aliphatic rings. The van der Waals surface area contributed by atoms with Crippen molar-refractivity contribution in [1.29, 1.82) is 0 Å². The number of ether oxygens (including phenoxy) is 7. The molecule has 0 aromatic carbocycles. The van der Waals surface area contributed by atoms with Crippen molar-refractivity contribution in [1.82, 2.24) is 9.80 Å². The maximum atomic E-state index is 11.8. The molecule has 0 radical (unpaired) electrons. The highest BCUT2D eigenvalue weighted by Gasteiger charge is 2.42. The molecule has 0 amide bonds. The molecule has 4 rings (SSSR count). The quantitative estimate of drug-likeness (QED) is 0.257. The van der Waals surface area contributed by atoms with Crippen LogP contribution in [0.3, 0.4) is 0 Å². The largest absolute Gasteiger partial charge is 0.466 e. The van der Waals surface area contributed by atoms with Crippen LogP contribution in [0, 0.1) is 11.8 Å². The minimum atomic E-state index is -0.451. The van der Waals surface area contributed by atoms with Gasteiger partial charge in [-0.3, -0.25) is 19.4 Å². The Morgan fingerprint density at radius 2 is 1.04 bits per heavy atom. The molecule has 2 aliphatic heterocycles. The number of likely N-dealkylation sites (tertiary alicyclic amines) is 2. The summed E-state index contributed by atoms with van der Waals surface area (Å²) in [5.41, 5.74) is 0. The Labute approximate surface area is 283 Å². The maximum Gasteiger partial charge on any atom is 0.308 e. The molecule has 2 heterocycles. The summed E-state index contributed by atoms with van der Waals surface area (Å²) in [5, 5.41) is 10.1. The molecule has 12 nitrogen and oxygen atoms in total. The highest BCUT2D eigenvalue weighted by Crippen LogP contribution is 2.30. The molecular weight excluding hydrogens is 608 g/mol. The van der Waals surface area contributed by atoms with Gasteiger partial charge in [0.15, 0.2) is 0 Å². The molecule has 0 aromatic rings. The van der Waals surface area contributed by atoms with Crippen molar-refractivity contribution in [3.8, 4) is 0 Å². The smallest absolute Gasteiger partial charge is 0.308 e. The lowest BCUT2D eigenvalue weighted by molar-refractivity contribution is -0.151. The van der Waals surface area contributed by atoms with E-state index in [2.05, 4.69) is 16.8 Å². The van der Waals surface area contributed by atoms with E-state index in [4.69, 9.17) is 33.2 Å². The normalized spacial score (nSPS) is 34.9. The van der Waals surface area contributed by atoms with Crippen molar-refractivity contribution in [3.05, 3.63) is 0 Å². The van der Waals surface area contributed by atoms with E-state index in [1.54, 1.807) is 7.11 Å². The summed E-state index contributed by atoms with van der Waals surface area (Å²) in [6.07, 6.45) is 6.96. The van der Waals surface area contributed by atoms with Crippen molar-refractivity contribution in [2.45, 2.75) is 128 Å². The lowest BCUT2D eigenvalue weighted by Gasteiger charge is -2.31. The molecule has 12 heteroatoms. The van der Waals surface area contributed by atoms with Gasteiger partial charge >= 0.3 is 11.9 Å². The van der Waals surface area contributed by atoms with Crippen LogP contribution in [-0.4, -0.2) is 149 Å². The summed E-state index contributed by atoms with van der Waals surface area (Å²) >= 11 is 0. The standard InChI is InChI=1S/C18H33NO5.C17H31NO5/c1-5-22-17-15(19(3)11-16(17)21-4)12-24-14-9-7-13(8-10-14)18(20)23-6-2;1-4-21-16-14(18(3)10-15(16)19)11-23-13-8-6-12(7-9-13)17(20)22-5-2/h13-17H,5-12H2,1-4H3;12-16,19H,4-11H2,1-3H3/t13?,14?,15-,16+,17-;12?,13?,14-,15+,16-/m11/s1. The summed E-state index contributed by atoms with van der Waals surface area (Å²) in [4.78, 5) is 27.9. The van der Waals surface area contributed by atoms with Gasteiger partial charge in [-0.1, -0.05) is 0 Å².